The number of aryl methyl sites for hydroxylation is 1. The van der Waals surface area contributed by atoms with Gasteiger partial charge in [-0.05, 0) is 57.0 Å². The van der Waals surface area contributed by atoms with Crippen molar-refractivity contribution in [3.63, 3.8) is 0 Å². The molecule has 0 spiro atoms. The predicted octanol–water partition coefficient (Wildman–Crippen LogP) is 4.21. The number of nitrogens with zero attached hydrogens (tertiary/aromatic N) is 2. The van der Waals surface area contributed by atoms with E-state index in [1.807, 2.05) is 31.3 Å². The van der Waals surface area contributed by atoms with Crippen LogP contribution >= 0.6 is 0 Å². The normalized spacial score (nSPS) is 19.8. The van der Waals surface area contributed by atoms with Crippen LogP contribution in [0.3, 0.4) is 0 Å². The maximum Gasteiger partial charge on any atom is 0.307 e. The first-order valence-corrected chi connectivity index (χ1v) is 13.3. The number of unbranched alkanes of at least 4 members (excludes halogenated alkanes) is 5. The molecule has 1 aliphatic rings. The molecule has 0 saturated carbocycles. The third kappa shape index (κ3) is 7.74. The number of carbonyl (C=O) groups excluding carboxylic acids is 1. The van der Waals surface area contributed by atoms with Crippen LogP contribution in [0.4, 0.5) is 5.69 Å². The van der Waals surface area contributed by atoms with Gasteiger partial charge in [-0.25, -0.2) is 0 Å². The van der Waals surface area contributed by atoms with Crippen molar-refractivity contribution < 1.29 is 17.9 Å². The summed E-state index contributed by atoms with van der Waals surface area (Å²) in [5, 5.41) is 0. The van der Waals surface area contributed by atoms with Gasteiger partial charge in [0.05, 0.1) is 19.1 Å². The van der Waals surface area contributed by atoms with Gasteiger partial charge in [0.25, 0.3) is 0 Å². The number of carbonyl (C=O) groups is 1. The number of rotatable bonds is 13. The monoisotopic (exact) mass is 467 g/mol. The number of methoxy groups -OCH3 is 1. The van der Waals surface area contributed by atoms with Crippen molar-refractivity contribution in [2.45, 2.75) is 76.7 Å². The van der Waals surface area contributed by atoms with Crippen molar-refractivity contribution in [2.24, 2.45) is 0 Å². The average Bonchev–Trinajstić information content (AvgIpc) is 2.76. The molecule has 1 atom stereocenters. The van der Waals surface area contributed by atoms with Crippen LogP contribution in [0, 0.1) is 0 Å². The summed E-state index contributed by atoms with van der Waals surface area (Å²) in [7, 11) is 0.992. The first-order chi connectivity index (χ1) is 15.2. The van der Waals surface area contributed by atoms with E-state index in [9.17, 15) is 13.2 Å². The molecule has 1 fully saturated rings. The van der Waals surface area contributed by atoms with Gasteiger partial charge in [-0.15, -0.1) is 0 Å². The summed E-state index contributed by atoms with van der Waals surface area (Å²) in [5.74, 6) is -0.401. The van der Waals surface area contributed by atoms with Crippen molar-refractivity contribution >= 4 is 21.9 Å². The molecule has 8 heteroatoms. The molecule has 32 heavy (non-hydrogen) atoms. The van der Waals surface area contributed by atoms with E-state index in [4.69, 9.17) is 4.74 Å². The zero-order valence-corrected chi connectivity index (χ0v) is 21.0. The second-order valence-electron chi connectivity index (χ2n) is 9.11. The summed E-state index contributed by atoms with van der Waals surface area (Å²) in [6.07, 6.45) is 10.0. The van der Waals surface area contributed by atoms with E-state index >= 15 is 0 Å². The lowest BCUT2D eigenvalue weighted by molar-refractivity contribution is -0.144. The molecule has 1 saturated heterocycles. The highest BCUT2D eigenvalue weighted by atomic mass is 32.2. The highest BCUT2D eigenvalue weighted by Gasteiger charge is 2.45. The van der Waals surface area contributed by atoms with Crippen LogP contribution in [0.5, 0.6) is 0 Å². The average molecular weight is 468 g/mol. The Balaban J connectivity index is 2.01. The summed E-state index contributed by atoms with van der Waals surface area (Å²) >= 11 is 0. The third-order valence-corrected chi connectivity index (χ3v) is 8.10. The van der Waals surface area contributed by atoms with E-state index in [1.165, 1.54) is 49.1 Å². The molecular weight excluding hydrogens is 426 g/mol. The summed E-state index contributed by atoms with van der Waals surface area (Å²) in [5.41, 5.74) is 0.915. The molecule has 1 N–H and O–H groups in total. The van der Waals surface area contributed by atoms with Gasteiger partial charge >= 0.3 is 16.2 Å². The molecule has 1 aliphatic heterocycles. The first kappa shape index (κ1) is 26.6. The van der Waals surface area contributed by atoms with Crippen molar-refractivity contribution in [1.82, 2.24) is 9.21 Å². The third-order valence-electron chi connectivity index (χ3n) is 6.50. The number of esters is 1. The lowest BCUT2D eigenvalue weighted by Gasteiger charge is -2.45. The number of ether oxygens (including phenoxy) is 1. The number of piperidine rings is 1. The van der Waals surface area contributed by atoms with Gasteiger partial charge in [-0.2, -0.15) is 12.7 Å². The van der Waals surface area contributed by atoms with Gasteiger partial charge in [0, 0.05) is 19.3 Å². The fourth-order valence-electron chi connectivity index (χ4n) is 4.51. The molecule has 0 amide bonds. The van der Waals surface area contributed by atoms with E-state index in [-0.39, 0.29) is 6.42 Å². The lowest BCUT2D eigenvalue weighted by Crippen LogP contribution is -2.60. The van der Waals surface area contributed by atoms with Gasteiger partial charge in [0.1, 0.15) is 0 Å². The number of nitrogens with one attached hydrogen (secondary N) is 1. The Kier molecular flexibility index (Phi) is 10.4. The molecule has 1 aromatic rings. The SMILES string of the molecule is CCCCCCCCc1ccc(NS(=O)(=O)N(C)C2(CC(=O)OC)CCCN(C)C2)cc1. The molecule has 2 rings (SSSR count). The van der Waals surface area contributed by atoms with E-state index in [1.54, 1.807) is 7.05 Å². The van der Waals surface area contributed by atoms with Gasteiger partial charge < -0.3 is 9.64 Å². The first-order valence-electron chi connectivity index (χ1n) is 11.8. The van der Waals surface area contributed by atoms with E-state index in [0.717, 1.165) is 25.8 Å². The molecule has 1 aromatic carbocycles. The Morgan fingerprint density at radius 3 is 2.44 bits per heavy atom. The number of likely N-dealkylation sites (tertiary alicyclic amines) is 1. The van der Waals surface area contributed by atoms with Gasteiger partial charge in [-0.3, -0.25) is 9.52 Å². The van der Waals surface area contributed by atoms with Crippen LogP contribution in [0.25, 0.3) is 0 Å². The van der Waals surface area contributed by atoms with Gasteiger partial charge in [0.15, 0.2) is 0 Å². The number of hydrogen-bond donors (Lipinski definition) is 1. The van der Waals surface area contributed by atoms with E-state index in [2.05, 4.69) is 16.5 Å². The minimum Gasteiger partial charge on any atom is -0.469 e. The van der Waals surface area contributed by atoms with Crippen LogP contribution < -0.4 is 4.72 Å². The number of likely N-dealkylation sites (N-methyl/N-ethyl adjacent to an activating group) is 2. The maximum absolute atomic E-state index is 13.2. The number of anilines is 1. The molecule has 1 heterocycles. The molecule has 0 radical (unpaired) electrons. The summed E-state index contributed by atoms with van der Waals surface area (Å²) in [6.45, 7) is 3.58. The molecular formula is C24H41N3O4S. The van der Waals surface area contributed by atoms with E-state index in [0.29, 0.717) is 18.7 Å². The zero-order valence-electron chi connectivity index (χ0n) is 20.2. The highest BCUT2D eigenvalue weighted by molar-refractivity contribution is 7.90. The van der Waals surface area contributed by atoms with Crippen molar-refractivity contribution in [3.05, 3.63) is 29.8 Å². The Morgan fingerprint density at radius 2 is 1.81 bits per heavy atom. The van der Waals surface area contributed by atoms with Crippen molar-refractivity contribution in [1.29, 1.82) is 0 Å². The Hall–Kier alpha value is -1.64. The summed E-state index contributed by atoms with van der Waals surface area (Å²) < 4.78 is 35.3. The molecule has 0 aromatic heterocycles. The fourth-order valence-corrected chi connectivity index (χ4v) is 5.81. The predicted molar refractivity (Wildman–Crippen MR) is 130 cm³/mol. The smallest absolute Gasteiger partial charge is 0.307 e. The Labute approximate surface area is 194 Å². The summed E-state index contributed by atoms with van der Waals surface area (Å²) in [6, 6.07) is 7.61. The topological polar surface area (TPSA) is 79.0 Å². The quantitative estimate of drug-likeness (QED) is 0.347. The van der Waals surface area contributed by atoms with E-state index < -0.39 is 21.7 Å². The summed E-state index contributed by atoms with van der Waals surface area (Å²) in [4.78, 5) is 14.2. The minimum atomic E-state index is -3.84. The van der Waals surface area contributed by atoms with Crippen LogP contribution in [-0.4, -0.2) is 63.4 Å². The van der Waals surface area contributed by atoms with Crippen LogP contribution in [0.2, 0.25) is 0 Å². The number of hydrogen-bond acceptors (Lipinski definition) is 5. The Morgan fingerprint density at radius 1 is 1.16 bits per heavy atom. The van der Waals surface area contributed by atoms with Crippen LogP contribution in [-0.2, 0) is 26.2 Å². The second kappa shape index (κ2) is 12.6. The van der Waals surface area contributed by atoms with Crippen molar-refractivity contribution in [3.8, 4) is 0 Å². The Bertz CT molecular complexity index is 813. The lowest BCUT2D eigenvalue weighted by atomic mass is 9.86. The molecule has 0 bridgehead atoms. The largest absolute Gasteiger partial charge is 0.469 e. The van der Waals surface area contributed by atoms with Gasteiger partial charge in [0.2, 0.25) is 0 Å². The second-order valence-corrected chi connectivity index (χ2v) is 10.8. The maximum atomic E-state index is 13.2. The van der Waals surface area contributed by atoms with Crippen LogP contribution in [0.1, 0.15) is 70.3 Å². The minimum absolute atomic E-state index is 0.0302. The van der Waals surface area contributed by atoms with Crippen molar-refractivity contribution in [2.75, 3.05) is 39.0 Å². The molecule has 1 unspecified atom stereocenters. The number of benzene rings is 1. The molecule has 0 aliphatic carbocycles. The van der Waals surface area contributed by atoms with Gasteiger partial charge in [-0.1, -0.05) is 51.2 Å². The molecule has 182 valence electrons. The highest BCUT2D eigenvalue weighted by Crippen LogP contribution is 2.32. The molecule has 7 nitrogen and oxygen atoms in total. The van der Waals surface area contributed by atoms with Crippen LogP contribution in [0.15, 0.2) is 24.3 Å². The fraction of sp³-hybridized carbons (Fsp3) is 0.708. The standard InChI is InChI=1S/C24H41N3O4S/c1-5-6-7-8-9-10-12-21-13-15-22(16-14-21)25-32(29,30)27(3)24(19-23(28)31-4)17-11-18-26(2)20-24/h13-16,25H,5-12,17-20H2,1-4H3. The zero-order chi connectivity index (χ0) is 23.6.